The van der Waals surface area contributed by atoms with E-state index in [9.17, 15) is 4.79 Å². The smallest absolute Gasteiger partial charge is 0.266 e. The lowest BCUT2D eigenvalue weighted by Crippen LogP contribution is -2.27. The van der Waals surface area contributed by atoms with Crippen LogP contribution in [0.2, 0.25) is 5.02 Å². The topological polar surface area (TPSA) is 29.5 Å². The number of hydrogen-bond acceptors (Lipinski definition) is 4. The molecule has 0 radical (unpaired) electrons. The van der Waals surface area contributed by atoms with Crippen molar-refractivity contribution in [1.82, 2.24) is 4.90 Å². The van der Waals surface area contributed by atoms with Gasteiger partial charge in [0.2, 0.25) is 0 Å². The number of aryl methyl sites for hydroxylation is 1. The minimum Gasteiger partial charge on any atom is -0.487 e. The van der Waals surface area contributed by atoms with Crippen LogP contribution in [0.4, 0.5) is 0 Å². The van der Waals surface area contributed by atoms with Gasteiger partial charge in [0.25, 0.3) is 5.91 Å². The van der Waals surface area contributed by atoms with Crippen LogP contribution in [0.25, 0.3) is 6.08 Å². The van der Waals surface area contributed by atoms with E-state index in [-0.39, 0.29) is 5.91 Å². The van der Waals surface area contributed by atoms with E-state index in [0.717, 1.165) is 21.2 Å². The summed E-state index contributed by atoms with van der Waals surface area (Å²) in [6.07, 6.45) is 1.82. The maximum atomic E-state index is 12.9. The van der Waals surface area contributed by atoms with E-state index in [2.05, 4.69) is 15.9 Å². The summed E-state index contributed by atoms with van der Waals surface area (Å²) < 4.78 is 7.43. The second-order valence-electron chi connectivity index (χ2n) is 7.36. The lowest BCUT2D eigenvalue weighted by molar-refractivity contribution is -0.122. The molecule has 1 saturated heterocycles. The van der Waals surface area contributed by atoms with Gasteiger partial charge in [0.1, 0.15) is 16.7 Å². The van der Waals surface area contributed by atoms with E-state index in [1.165, 1.54) is 17.3 Å². The molecule has 1 amide bonds. The van der Waals surface area contributed by atoms with Crippen LogP contribution in [0, 0.1) is 6.92 Å². The zero-order chi connectivity index (χ0) is 22.7. The first-order valence-electron chi connectivity index (χ1n) is 9.87. The van der Waals surface area contributed by atoms with Crippen molar-refractivity contribution in [3.63, 3.8) is 0 Å². The number of thiocarbonyl (C=S) groups is 1. The lowest BCUT2D eigenvalue weighted by Gasteiger charge is -2.14. The Labute approximate surface area is 210 Å². The van der Waals surface area contributed by atoms with Crippen LogP contribution < -0.4 is 4.74 Å². The average molecular weight is 545 g/mol. The number of rotatable bonds is 6. The van der Waals surface area contributed by atoms with Gasteiger partial charge in [-0.3, -0.25) is 9.69 Å². The van der Waals surface area contributed by atoms with Gasteiger partial charge in [-0.2, -0.15) is 0 Å². The fraction of sp³-hybridized carbons (Fsp3) is 0.120. The van der Waals surface area contributed by atoms with E-state index in [1.807, 2.05) is 73.7 Å². The van der Waals surface area contributed by atoms with Crippen LogP contribution >= 0.6 is 51.5 Å². The van der Waals surface area contributed by atoms with Crippen molar-refractivity contribution in [3.05, 3.63) is 103 Å². The number of halogens is 2. The third-order valence-electron chi connectivity index (χ3n) is 4.90. The van der Waals surface area contributed by atoms with Gasteiger partial charge in [-0.25, -0.2) is 0 Å². The van der Waals surface area contributed by atoms with Gasteiger partial charge in [-0.15, -0.1) is 0 Å². The molecule has 0 aliphatic carbocycles. The van der Waals surface area contributed by atoms with Crippen molar-refractivity contribution in [2.75, 3.05) is 0 Å². The van der Waals surface area contributed by atoms with Gasteiger partial charge >= 0.3 is 0 Å². The third-order valence-corrected chi connectivity index (χ3v) is 7.10. The summed E-state index contributed by atoms with van der Waals surface area (Å²) in [7, 11) is 0. The van der Waals surface area contributed by atoms with Gasteiger partial charge in [-0.05, 0) is 54.0 Å². The summed E-state index contributed by atoms with van der Waals surface area (Å²) in [5.74, 6) is 0.505. The van der Waals surface area contributed by atoms with Crippen molar-refractivity contribution in [2.24, 2.45) is 0 Å². The van der Waals surface area contributed by atoms with Gasteiger partial charge in [-0.1, -0.05) is 99.5 Å². The molecular formula is C25H19BrClNO2S2. The number of carbonyl (C=O) groups excluding carboxylic acids is 1. The second kappa shape index (κ2) is 10.2. The first-order valence-corrected chi connectivity index (χ1v) is 12.3. The highest BCUT2D eigenvalue weighted by Crippen LogP contribution is 2.35. The number of benzene rings is 3. The van der Waals surface area contributed by atoms with Gasteiger partial charge < -0.3 is 4.74 Å². The molecule has 3 aromatic rings. The molecule has 0 atom stereocenters. The summed E-state index contributed by atoms with van der Waals surface area (Å²) in [4.78, 5) is 15.1. The van der Waals surface area contributed by atoms with Gasteiger partial charge in [0, 0.05) is 4.47 Å². The maximum absolute atomic E-state index is 12.9. The second-order valence-corrected chi connectivity index (χ2v) is 10.4. The SMILES string of the molecule is Cc1ccc(CN2C(=O)/C(=C/c3ccc(OCc4ccc(Br)cc4)c(Cl)c3)SC2=S)cc1. The Morgan fingerprint density at radius 2 is 1.75 bits per heavy atom. The first-order chi connectivity index (χ1) is 15.4. The number of ether oxygens (including phenoxy) is 1. The summed E-state index contributed by atoms with van der Waals surface area (Å²) in [6, 6.07) is 21.5. The third kappa shape index (κ3) is 5.62. The maximum Gasteiger partial charge on any atom is 0.266 e. The Kier molecular flexibility index (Phi) is 7.36. The number of amides is 1. The molecule has 3 aromatic carbocycles. The highest BCUT2D eigenvalue weighted by Gasteiger charge is 2.32. The van der Waals surface area contributed by atoms with Crippen LogP contribution in [0.5, 0.6) is 5.75 Å². The normalized spacial score (nSPS) is 15.0. The molecule has 32 heavy (non-hydrogen) atoms. The molecule has 162 valence electrons. The Bertz CT molecular complexity index is 1190. The van der Waals surface area contributed by atoms with Gasteiger partial charge in [0.15, 0.2) is 0 Å². The lowest BCUT2D eigenvalue weighted by atomic mass is 10.1. The zero-order valence-electron chi connectivity index (χ0n) is 17.2. The van der Waals surface area contributed by atoms with Crippen LogP contribution in [-0.4, -0.2) is 15.1 Å². The van der Waals surface area contributed by atoms with Crippen molar-refractivity contribution in [2.45, 2.75) is 20.1 Å². The first kappa shape index (κ1) is 23.1. The Hall–Kier alpha value is -2.12. The predicted octanol–water partition coefficient (Wildman–Crippen LogP) is 7.39. The average Bonchev–Trinajstić information content (AvgIpc) is 3.03. The molecule has 3 nitrogen and oxygen atoms in total. The van der Waals surface area contributed by atoms with Crippen LogP contribution in [0.15, 0.2) is 76.1 Å². The molecule has 0 bridgehead atoms. The van der Waals surface area contributed by atoms with E-state index < -0.39 is 0 Å². The van der Waals surface area contributed by atoms with Crippen LogP contribution in [0.1, 0.15) is 22.3 Å². The molecule has 0 saturated carbocycles. The van der Waals surface area contributed by atoms with Crippen molar-refractivity contribution in [1.29, 1.82) is 0 Å². The quantitative estimate of drug-likeness (QED) is 0.239. The van der Waals surface area contributed by atoms with E-state index in [4.69, 9.17) is 28.6 Å². The van der Waals surface area contributed by atoms with E-state index in [1.54, 1.807) is 11.0 Å². The summed E-state index contributed by atoms with van der Waals surface area (Å²) in [5.41, 5.74) is 4.09. The highest BCUT2D eigenvalue weighted by molar-refractivity contribution is 9.10. The predicted molar refractivity (Wildman–Crippen MR) is 140 cm³/mol. The van der Waals surface area contributed by atoms with Crippen LogP contribution in [0.3, 0.4) is 0 Å². The van der Waals surface area contributed by atoms with Crippen LogP contribution in [-0.2, 0) is 17.9 Å². The molecule has 1 aliphatic rings. The Morgan fingerprint density at radius 3 is 2.44 bits per heavy atom. The highest BCUT2D eigenvalue weighted by atomic mass is 79.9. The standard InChI is InChI=1S/C25H19BrClNO2S2/c1-16-2-4-17(5-3-16)14-28-24(29)23(32-25(28)31)13-19-8-11-22(21(27)12-19)30-15-18-6-9-20(26)10-7-18/h2-13H,14-15H2,1H3/b23-13-. The summed E-state index contributed by atoms with van der Waals surface area (Å²) >= 11 is 16.6. The molecule has 0 aromatic heterocycles. The van der Waals surface area contributed by atoms with Crippen molar-refractivity contribution >= 4 is 67.8 Å². The number of carbonyl (C=O) groups is 1. The summed E-state index contributed by atoms with van der Waals surface area (Å²) in [5, 5.41) is 0.492. The fourth-order valence-electron chi connectivity index (χ4n) is 3.13. The largest absolute Gasteiger partial charge is 0.487 e. The number of thioether (sulfide) groups is 1. The molecule has 0 unspecified atom stereocenters. The zero-order valence-corrected chi connectivity index (χ0v) is 21.2. The Balaban J connectivity index is 1.44. The van der Waals surface area contributed by atoms with Crippen molar-refractivity contribution < 1.29 is 9.53 Å². The molecule has 7 heteroatoms. The molecule has 4 rings (SSSR count). The number of hydrogen-bond donors (Lipinski definition) is 0. The minimum atomic E-state index is -0.0905. The van der Waals surface area contributed by atoms with E-state index >= 15 is 0 Å². The minimum absolute atomic E-state index is 0.0905. The number of nitrogens with zero attached hydrogens (tertiary/aromatic N) is 1. The molecule has 1 fully saturated rings. The molecular weight excluding hydrogens is 526 g/mol. The molecule has 1 aliphatic heterocycles. The van der Waals surface area contributed by atoms with E-state index in [0.29, 0.717) is 33.1 Å². The summed E-state index contributed by atoms with van der Waals surface area (Å²) in [6.45, 7) is 2.92. The molecule has 0 spiro atoms. The monoisotopic (exact) mass is 543 g/mol. The fourth-order valence-corrected chi connectivity index (χ4v) is 4.89. The van der Waals surface area contributed by atoms with Gasteiger partial charge in [0.05, 0.1) is 16.5 Å². The molecule has 0 N–H and O–H groups in total. The van der Waals surface area contributed by atoms with Crippen molar-refractivity contribution in [3.8, 4) is 5.75 Å². The molecule has 1 heterocycles. The Morgan fingerprint density at radius 1 is 1.06 bits per heavy atom.